The monoisotopic (exact) mass is 328 g/mol. The number of ether oxygens (including phenoxy) is 2. The van der Waals surface area contributed by atoms with E-state index < -0.39 is 5.79 Å². The molecule has 4 nitrogen and oxygen atoms in total. The lowest BCUT2D eigenvalue weighted by Crippen LogP contribution is -2.50. The second kappa shape index (κ2) is 7.08. The van der Waals surface area contributed by atoms with Gasteiger partial charge in [-0.15, -0.1) is 0 Å². The van der Waals surface area contributed by atoms with Crippen molar-refractivity contribution >= 4 is 0 Å². The Labute approximate surface area is 144 Å². The minimum atomic E-state index is -0.571. The van der Waals surface area contributed by atoms with Gasteiger partial charge in [-0.3, -0.25) is 0 Å². The maximum atomic E-state index is 6.33. The van der Waals surface area contributed by atoms with Gasteiger partial charge in [-0.05, 0) is 17.4 Å². The number of rotatable bonds is 5. The highest BCUT2D eigenvalue weighted by Crippen LogP contribution is 2.35. The fourth-order valence-corrected chi connectivity index (χ4v) is 3.05. The van der Waals surface area contributed by atoms with Crippen molar-refractivity contribution in [3.05, 3.63) is 54.6 Å². The van der Waals surface area contributed by atoms with E-state index in [1.165, 1.54) is 5.56 Å². The Morgan fingerprint density at radius 1 is 1.17 bits per heavy atom. The van der Waals surface area contributed by atoms with Crippen LogP contribution in [0.1, 0.15) is 32.8 Å². The van der Waals surface area contributed by atoms with Crippen LogP contribution in [-0.4, -0.2) is 28.6 Å². The largest absolute Gasteiger partial charge is 0.348 e. The zero-order valence-corrected chi connectivity index (χ0v) is 14.9. The summed E-state index contributed by atoms with van der Waals surface area (Å²) in [5, 5.41) is 0. The molecule has 1 aromatic carbocycles. The molecule has 1 aromatic heterocycles. The normalized spacial score (nSPS) is 24.9. The van der Waals surface area contributed by atoms with Crippen molar-refractivity contribution in [3.63, 3.8) is 0 Å². The maximum Gasteiger partial charge on any atom is 0.186 e. The average molecular weight is 328 g/mol. The van der Waals surface area contributed by atoms with E-state index in [0.717, 1.165) is 26.1 Å². The van der Waals surface area contributed by atoms with Crippen LogP contribution < -0.4 is 0 Å². The lowest BCUT2D eigenvalue weighted by atomic mass is 9.81. The van der Waals surface area contributed by atoms with E-state index in [-0.39, 0.29) is 5.41 Å². The summed E-state index contributed by atoms with van der Waals surface area (Å²) >= 11 is 0. The van der Waals surface area contributed by atoms with Crippen molar-refractivity contribution in [1.82, 2.24) is 9.55 Å². The van der Waals surface area contributed by atoms with Crippen molar-refractivity contribution in [2.75, 3.05) is 13.2 Å². The first kappa shape index (κ1) is 17.2. The van der Waals surface area contributed by atoms with Gasteiger partial charge in [0.1, 0.15) is 0 Å². The molecule has 0 saturated carbocycles. The van der Waals surface area contributed by atoms with Crippen molar-refractivity contribution in [1.29, 1.82) is 0 Å². The minimum Gasteiger partial charge on any atom is -0.348 e. The minimum absolute atomic E-state index is 0.195. The van der Waals surface area contributed by atoms with Crippen LogP contribution in [0.15, 0.2) is 49.1 Å². The first-order valence-corrected chi connectivity index (χ1v) is 8.74. The van der Waals surface area contributed by atoms with Crippen LogP contribution in [0.4, 0.5) is 0 Å². The van der Waals surface area contributed by atoms with Crippen molar-refractivity contribution in [3.8, 4) is 0 Å². The molecule has 0 unspecified atom stereocenters. The SMILES string of the molecule is CC(C)(C)C1COC(CCc2ccccc2)(Cn2ccnc2)OC1. The molecule has 4 heteroatoms. The third-order valence-electron chi connectivity index (χ3n) is 4.94. The highest BCUT2D eigenvalue weighted by Gasteiger charge is 2.40. The van der Waals surface area contributed by atoms with Gasteiger partial charge in [-0.2, -0.15) is 0 Å². The standard InChI is InChI=1S/C20H28N2O2/c1-19(2,3)18-13-23-20(24-14-18,15-22-12-11-21-16-22)10-9-17-7-5-4-6-8-17/h4-8,11-12,16,18H,9-10,13-15H2,1-3H3. The molecule has 0 aliphatic carbocycles. The zero-order chi connectivity index (χ0) is 17.0. The Bertz CT molecular complexity index is 609. The molecule has 2 aromatic rings. The van der Waals surface area contributed by atoms with Gasteiger partial charge >= 0.3 is 0 Å². The lowest BCUT2D eigenvalue weighted by molar-refractivity contribution is -0.301. The van der Waals surface area contributed by atoms with Crippen LogP contribution in [0, 0.1) is 11.3 Å². The number of imidazole rings is 1. The van der Waals surface area contributed by atoms with Crippen molar-refractivity contribution in [2.24, 2.45) is 11.3 Å². The van der Waals surface area contributed by atoms with Gasteiger partial charge in [-0.1, -0.05) is 51.1 Å². The first-order valence-electron chi connectivity index (χ1n) is 8.74. The Morgan fingerprint density at radius 2 is 1.88 bits per heavy atom. The summed E-state index contributed by atoms with van der Waals surface area (Å²) in [6.07, 6.45) is 7.37. The van der Waals surface area contributed by atoms with E-state index in [9.17, 15) is 0 Å². The molecule has 1 fully saturated rings. The van der Waals surface area contributed by atoms with Crippen LogP contribution >= 0.6 is 0 Å². The van der Waals surface area contributed by atoms with Gasteiger partial charge in [0, 0.05) is 24.7 Å². The summed E-state index contributed by atoms with van der Waals surface area (Å²) < 4.78 is 14.7. The lowest BCUT2D eigenvalue weighted by Gasteiger charge is -2.44. The summed E-state index contributed by atoms with van der Waals surface area (Å²) in [5.74, 6) is -0.150. The molecule has 0 bridgehead atoms. The van der Waals surface area contributed by atoms with Gasteiger partial charge in [0.25, 0.3) is 0 Å². The highest BCUT2D eigenvalue weighted by atomic mass is 16.7. The van der Waals surface area contributed by atoms with Crippen molar-refractivity contribution in [2.45, 2.75) is 45.9 Å². The number of nitrogens with zero attached hydrogens (tertiary/aromatic N) is 2. The molecule has 1 aliphatic heterocycles. The van der Waals surface area contributed by atoms with E-state index in [1.807, 2.05) is 23.2 Å². The van der Waals surface area contributed by atoms with Crippen LogP contribution in [0.2, 0.25) is 0 Å². The van der Waals surface area contributed by atoms with Gasteiger partial charge in [0.15, 0.2) is 5.79 Å². The number of aromatic nitrogens is 2. The number of hydrogen-bond acceptors (Lipinski definition) is 3. The van der Waals surface area contributed by atoms with Gasteiger partial charge in [0.05, 0.1) is 26.1 Å². The second-order valence-corrected chi connectivity index (χ2v) is 7.82. The molecule has 130 valence electrons. The van der Waals surface area contributed by atoms with Gasteiger partial charge < -0.3 is 14.0 Å². The van der Waals surface area contributed by atoms with E-state index >= 15 is 0 Å². The van der Waals surface area contributed by atoms with Gasteiger partial charge in [0.2, 0.25) is 0 Å². The molecule has 0 N–H and O–H groups in total. The summed E-state index contributed by atoms with van der Waals surface area (Å²) in [6, 6.07) is 10.5. The predicted molar refractivity (Wildman–Crippen MR) is 94.6 cm³/mol. The summed E-state index contributed by atoms with van der Waals surface area (Å²) in [7, 11) is 0. The van der Waals surface area contributed by atoms with Gasteiger partial charge in [-0.25, -0.2) is 4.98 Å². The molecular weight excluding hydrogens is 300 g/mol. The number of hydrogen-bond donors (Lipinski definition) is 0. The molecule has 0 spiro atoms. The topological polar surface area (TPSA) is 36.3 Å². The van der Waals surface area contributed by atoms with E-state index in [0.29, 0.717) is 12.5 Å². The molecule has 24 heavy (non-hydrogen) atoms. The Morgan fingerprint density at radius 3 is 2.46 bits per heavy atom. The second-order valence-electron chi connectivity index (χ2n) is 7.82. The molecule has 3 rings (SSSR count). The summed E-state index contributed by atoms with van der Waals surface area (Å²) in [6.45, 7) is 8.91. The predicted octanol–water partition coefficient (Wildman–Crippen LogP) is 3.92. The zero-order valence-electron chi connectivity index (χ0n) is 14.9. The smallest absolute Gasteiger partial charge is 0.186 e. The fraction of sp³-hybridized carbons (Fsp3) is 0.550. The van der Waals surface area contributed by atoms with Crippen molar-refractivity contribution < 1.29 is 9.47 Å². The summed E-state index contributed by atoms with van der Waals surface area (Å²) in [5.41, 5.74) is 1.51. The third-order valence-corrected chi connectivity index (χ3v) is 4.94. The van der Waals surface area contributed by atoms with E-state index in [4.69, 9.17) is 9.47 Å². The Hall–Kier alpha value is -1.65. The Balaban J connectivity index is 1.70. The molecule has 2 heterocycles. The van der Waals surface area contributed by atoms with Crippen LogP contribution in [0.5, 0.6) is 0 Å². The first-order chi connectivity index (χ1) is 11.5. The van der Waals surface area contributed by atoms with E-state index in [2.05, 4.69) is 50.0 Å². The maximum absolute atomic E-state index is 6.33. The molecule has 0 atom stereocenters. The molecule has 1 aliphatic rings. The Kier molecular flexibility index (Phi) is 5.07. The molecule has 0 radical (unpaired) electrons. The number of aryl methyl sites for hydroxylation is 1. The fourth-order valence-electron chi connectivity index (χ4n) is 3.05. The van der Waals surface area contributed by atoms with Crippen LogP contribution in [0.25, 0.3) is 0 Å². The quantitative estimate of drug-likeness (QED) is 0.834. The third kappa shape index (κ3) is 4.25. The molecule has 1 saturated heterocycles. The van der Waals surface area contributed by atoms with Crippen LogP contribution in [0.3, 0.4) is 0 Å². The van der Waals surface area contributed by atoms with Crippen LogP contribution in [-0.2, 0) is 22.4 Å². The highest BCUT2D eigenvalue weighted by molar-refractivity contribution is 5.15. The molecular formula is C20H28N2O2. The molecule has 0 amide bonds. The number of benzene rings is 1. The average Bonchev–Trinajstić information content (AvgIpc) is 3.06. The van der Waals surface area contributed by atoms with E-state index in [1.54, 1.807) is 6.20 Å². The summed E-state index contributed by atoms with van der Waals surface area (Å²) in [4.78, 5) is 4.14.